The molecule has 6 atom stereocenters. The van der Waals surface area contributed by atoms with Gasteiger partial charge in [0, 0.05) is 35.6 Å². The molecule has 10 heteroatoms. The van der Waals surface area contributed by atoms with E-state index in [1.165, 1.54) is 24.3 Å². The number of carbonyl (C=O) groups excluding carboxylic acids is 4. The number of carbonyl (C=O) groups is 4. The van der Waals surface area contributed by atoms with Crippen molar-refractivity contribution in [1.82, 2.24) is 0 Å². The zero-order valence-electron chi connectivity index (χ0n) is 25.5. The smallest absolute Gasteiger partial charge is 0.331 e. The van der Waals surface area contributed by atoms with Gasteiger partial charge in [0.25, 0.3) is 0 Å². The van der Waals surface area contributed by atoms with Gasteiger partial charge in [-0.05, 0) is 44.9 Å². The molecule has 1 aromatic rings. The van der Waals surface area contributed by atoms with Crippen LogP contribution in [0.2, 0.25) is 0 Å². The number of esters is 1. The van der Waals surface area contributed by atoms with Crippen LogP contribution in [0.5, 0.6) is 5.75 Å². The lowest BCUT2D eigenvalue weighted by atomic mass is 9.60. The topological polar surface area (TPSA) is 168 Å². The number of ketones is 3. The van der Waals surface area contributed by atoms with Crippen molar-refractivity contribution in [2.75, 3.05) is 0 Å². The number of hydrogen-bond acceptors (Lipinski definition) is 10. The number of fused-ring (bicyclic) bond motifs is 3. The molecule has 238 valence electrons. The maximum Gasteiger partial charge on any atom is 0.331 e. The molecule has 0 saturated carbocycles. The number of allylic oxidation sites excluding steroid dienone is 5. The zero-order valence-corrected chi connectivity index (χ0v) is 25.5. The third kappa shape index (κ3) is 5.56. The number of aliphatic hydroxyl groups excluding tert-OH is 1. The van der Waals surface area contributed by atoms with Gasteiger partial charge >= 0.3 is 5.97 Å². The summed E-state index contributed by atoms with van der Waals surface area (Å²) < 4.78 is 11.5. The second-order valence-corrected chi connectivity index (χ2v) is 12.2. The van der Waals surface area contributed by atoms with E-state index in [9.17, 15) is 39.6 Å². The summed E-state index contributed by atoms with van der Waals surface area (Å²) in [4.78, 5) is 52.9. The average molecular weight is 619 g/mol. The zero-order chi connectivity index (χ0) is 32.7. The van der Waals surface area contributed by atoms with Crippen LogP contribution < -0.4 is 0 Å². The van der Waals surface area contributed by atoms with Crippen LogP contribution >= 0.6 is 0 Å². The van der Waals surface area contributed by atoms with E-state index in [0.717, 1.165) is 37.8 Å². The van der Waals surface area contributed by atoms with E-state index in [2.05, 4.69) is 6.92 Å². The minimum Gasteiger partial charge on any atom is -0.507 e. The predicted molar refractivity (Wildman–Crippen MR) is 162 cm³/mol. The van der Waals surface area contributed by atoms with Crippen molar-refractivity contribution in [2.24, 2.45) is 0 Å². The first-order chi connectivity index (χ1) is 21.3. The Bertz CT molecular complexity index is 1580. The first kappa shape index (κ1) is 32.4. The highest BCUT2D eigenvalue weighted by Gasteiger charge is 2.62. The van der Waals surface area contributed by atoms with Gasteiger partial charge in [-0.2, -0.15) is 0 Å². The number of rotatable bonds is 8. The third-order valence-corrected chi connectivity index (χ3v) is 8.95. The van der Waals surface area contributed by atoms with Crippen molar-refractivity contribution in [1.29, 1.82) is 0 Å². The van der Waals surface area contributed by atoms with Crippen LogP contribution in [0.1, 0.15) is 91.7 Å². The number of ether oxygens (including phenoxy) is 2. The Morgan fingerprint density at radius 2 is 1.89 bits per heavy atom. The summed E-state index contributed by atoms with van der Waals surface area (Å²) in [6.07, 6.45) is 10.2. The molecule has 1 heterocycles. The summed E-state index contributed by atoms with van der Waals surface area (Å²) in [6, 6.07) is 2.66. The minimum atomic E-state index is -2.67. The van der Waals surface area contributed by atoms with Crippen molar-refractivity contribution in [3.8, 4) is 5.75 Å². The molecule has 1 saturated heterocycles. The summed E-state index contributed by atoms with van der Waals surface area (Å²) in [5.74, 6) is -3.79. The monoisotopic (exact) mass is 618 g/mol. The predicted octanol–water partition coefficient (Wildman–Crippen LogP) is 3.83. The number of aromatic hydroxyl groups is 1. The van der Waals surface area contributed by atoms with Crippen LogP contribution in [0, 0.1) is 0 Å². The van der Waals surface area contributed by atoms with E-state index in [1.54, 1.807) is 26.0 Å². The molecule has 0 aromatic heterocycles. The number of phenols is 1. The highest BCUT2D eigenvalue weighted by molar-refractivity contribution is 6.32. The van der Waals surface area contributed by atoms with Crippen LogP contribution in [0.3, 0.4) is 0 Å². The summed E-state index contributed by atoms with van der Waals surface area (Å²) in [5, 5.41) is 45.0. The van der Waals surface area contributed by atoms with Gasteiger partial charge < -0.3 is 29.9 Å². The van der Waals surface area contributed by atoms with Gasteiger partial charge in [0.15, 0.2) is 29.1 Å². The van der Waals surface area contributed by atoms with Gasteiger partial charge in [-0.1, -0.05) is 55.7 Å². The van der Waals surface area contributed by atoms with Crippen molar-refractivity contribution in [2.45, 2.75) is 94.9 Å². The number of benzene rings is 1. The number of aliphatic hydroxyl groups is 3. The first-order valence-corrected chi connectivity index (χ1v) is 15.3. The van der Waals surface area contributed by atoms with Gasteiger partial charge in [-0.25, -0.2) is 4.79 Å². The highest BCUT2D eigenvalue weighted by atomic mass is 16.6. The first-order valence-electron chi connectivity index (χ1n) is 15.3. The molecule has 5 rings (SSSR count). The maximum atomic E-state index is 13.7. The molecule has 10 nitrogen and oxygen atoms in total. The lowest BCUT2D eigenvalue weighted by Crippen LogP contribution is -2.64. The molecule has 4 N–H and O–H groups in total. The Balaban J connectivity index is 1.35. The van der Waals surface area contributed by atoms with E-state index < -0.39 is 70.3 Å². The normalized spacial score (nSPS) is 31.2. The molecule has 0 amide bonds. The van der Waals surface area contributed by atoms with Crippen LogP contribution in [-0.4, -0.2) is 73.3 Å². The van der Waals surface area contributed by atoms with Crippen molar-refractivity contribution in [3.63, 3.8) is 0 Å². The Hall–Kier alpha value is -3.96. The molecule has 4 aliphatic rings. The Morgan fingerprint density at radius 1 is 1.13 bits per heavy atom. The third-order valence-electron chi connectivity index (χ3n) is 8.95. The summed E-state index contributed by atoms with van der Waals surface area (Å²) in [6.45, 7) is 5.34. The molecule has 6 unspecified atom stereocenters. The van der Waals surface area contributed by atoms with Crippen LogP contribution in [0.25, 0.3) is 0 Å². The Labute approximate surface area is 261 Å². The molecule has 0 spiro atoms. The fourth-order valence-corrected chi connectivity index (χ4v) is 6.62. The summed E-state index contributed by atoms with van der Waals surface area (Å²) in [7, 11) is 0. The van der Waals surface area contributed by atoms with Gasteiger partial charge in [0.05, 0.1) is 29.4 Å². The standard InChI is InChI=1S/C35H38O10/c1-4-5-6-7-8-9-10-11-27(38)45-33-20(3)44-25(17-24(33)36)21-12-13-22-28(30(21)39)31(40)23-14-15-34(42)18-19(2)16-26(37)35(34,43)29(23)32(22)41/h8-16,20,24-25,33,36,39,42-43H,4-7,17-18H2,1-3H3. The van der Waals surface area contributed by atoms with Crippen LogP contribution in [-0.2, 0) is 19.1 Å². The Kier molecular flexibility index (Phi) is 8.97. The number of hydrogen-bond donors (Lipinski definition) is 4. The fraction of sp³-hybridized carbons (Fsp3) is 0.429. The molecule has 45 heavy (non-hydrogen) atoms. The van der Waals surface area contributed by atoms with Gasteiger partial charge in [-0.15, -0.1) is 0 Å². The number of unbranched alkanes of at least 4 members (excludes halogenated alkanes) is 3. The summed E-state index contributed by atoms with van der Waals surface area (Å²) >= 11 is 0. The van der Waals surface area contributed by atoms with Crippen molar-refractivity contribution < 1.29 is 49.1 Å². The molecule has 0 radical (unpaired) electrons. The van der Waals surface area contributed by atoms with E-state index in [0.29, 0.717) is 5.57 Å². The average Bonchev–Trinajstić information content (AvgIpc) is 2.97. The quantitative estimate of drug-likeness (QED) is 0.145. The van der Waals surface area contributed by atoms with E-state index in [1.807, 2.05) is 6.08 Å². The van der Waals surface area contributed by atoms with Gasteiger partial charge in [0.1, 0.15) is 11.4 Å². The Morgan fingerprint density at radius 3 is 2.60 bits per heavy atom. The molecular formula is C35H38O10. The van der Waals surface area contributed by atoms with Crippen LogP contribution in [0.15, 0.2) is 71.4 Å². The van der Waals surface area contributed by atoms with Crippen LogP contribution in [0.4, 0.5) is 0 Å². The fourth-order valence-electron chi connectivity index (χ4n) is 6.62. The van der Waals surface area contributed by atoms with Gasteiger partial charge in [0.2, 0.25) is 0 Å². The van der Waals surface area contributed by atoms with Crippen molar-refractivity contribution >= 4 is 23.3 Å². The van der Waals surface area contributed by atoms with E-state index >= 15 is 0 Å². The molecule has 3 aliphatic carbocycles. The van der Waals surface area contributed by atoms with Crippen molar-refractivity contribution in [3.05, 3.63) is 88.1 Å². The maximum absolute atomic E-state index is 13.7. The lowest BCUT2D eigenvalue weighted by Gasteiger charge is -2.47. The molecular weight excluding hydrogens is 580 g/mol. The summed E-state index contributed by atoms with van der Waals surface area (Å²) in [5.41, 5.74) is -5.58. The van der Waals surface area contributed by atoms with E-state index in [-0.39, 0.29) is 35.1 Å². The number of Topliss-reactive ketones (excluding diaryl/α,β-unsaturated/α-hetero) is 2. The lowest BCUT2D eigenvalue weighted by molar-refractivity contribution is -0.190. The molecule has 1 fully saturated rings. The largest absolute Gasteiger partial charge is 0.507 e. The van der Waals surface area contributed by atoms with Gasteiger partial charge in [-0.3, -0.25) is 14.4 Å². The second-order valence-electron chi connectivity index (χ2n) is 12.2. The number of phenolic OH excluding ortho intramolecular Hbond substituents is 1. The minimum absolute atomic E-state index is 0.0847. The molecule has 1 aliphatic heterocycles. The molecule has 0 bridgehead atoms. The second kappa shape index (κ2) is 12.4. The SMILES string of the molecule is CCCCCC=CC=CC(=O)OC1C(O)CC(c2ccc3c(c2O)C(=O)C2=C(C3=O)C3(O)C(=O)C=C(C)CC3(O)C=C2)OC1C. The molecule has 1 aromatic carbocycles. The van der Waals surface area contributed by atoms with E-state index in [4.69, 9.17) is 9.47 Å². The highest BCUT2D eigenvalue weighted by Crippen LogP contribution is 2.50.